The molecule has 0 saturated carbocycles. The van der Waals surface area contributed by atoms with Gasteiger partial charge >= 0.3 is 0 Å². The van der Waals surface area contributed by atoms with E-state index in [1.807, 2.05) is 30.3 Å². The van der Waals surface area contributed by atoms with Crippen molar-refractivity contribution < 1.29 is 19.2 Å². The molecule has 2 atom stereocenters. The Bertz CT molecular complexity index is 1070. The van der Waals surface area contributed by atoms with E-state index < -0.39 is 0 Å². The SMILES string of the molecule is Cc1nc(C(=O)N[C@H]2CCC[NH+](CCCc3ccc(OCC(=O)NCC#N)cc3)C2)c(N)nc1N. The molecule has 0 radical (unpaired) electrons. The molecule has 1 aromatic heterocycles. The van der Waals surface area contributed by atoms with Gasteiger partial charge in [-0.25, -0.2) is 9.97 Å². The number of hydrogen-bond donors (Lipinski definition) is 5. The lowest BCUT2D eigenvalue weighted by Crippen LogP contribution is -3.14. The Morgan fingerprint density at radius 2 is 2.00 bits per heavy atom. The molecule has 1 aromatic carbocycles. The molecule has 186 valence electrons. The summed E-state index contributed by atoms with van der Waals surface area (Å²) in [5.41, 5.74) is 13.4. The Balaban J connectivity index is 1.40. The molecule has 35 heavy (non-hydrogen) atoms. The van der Waals surface area contributed by atoms with Gasteiger partial charge in [-0.3, -0.25) is 9.59 Å². The van der Waals surface area contributed by atoms with Gasteiger partial charge in [0.2, 0.25) is 0 Å². The molecule has 0 bridgehead atoms. The first-order chi connectivity index (χ1) is 16.9. The van der Waals surface area contributed by atoms with Crippen LogP contribution in [0.3, 0.4) is 0 Å². The fourth-order valence-corrected chi connectivity index (χ4v) is 4.10. The molecule has 3 rings (SSSR count). The maximum Gasteiger partial charge on any atom is 0.274 e. The standard InChI is InChI=1S/C24H32N8O3/c1-16-22(26)31-23(27)21(29-16)24(34)30-18-5-3-13-32(14-18)12-2-4-17-6-8-19(9-7-17)35-15-20(33)28-11-10-25/h6-9,18H,2-5,11-15H2,1H3,(H,28,33)(H,30,34)(H4,26,27,31)/p+1/t18-/m0/s1. The number of hydrogen-bond acceptors (Lipinski definition) is 8. The number of aromatic nitrogens is 2. The molecule has 7 N–H and O–H groups in total. The summed E-state index contributed by atoms with van der Waals surface area (Å²) in [6.07, 6.45) is 3.91. The lowest BCUT2D eigenvalue weighted by molar-refractivity contribution is -0.906. The molecule has 1 aliphatic rings. The molecule has 2 aromatic rings. The van der Waals surface area contributed by atoms with E-state index in [2.05, 4.69) is 20.6 Å². The van der Waals surface area contributed by atoms with Crippen molar-refractivity contribution in [1.82, 2.24) is 20.6 Å². The van der Waals surface area contributed by atoms with E-state index in [0.29, 0.717) is 11.4 Å². The van der Waals surface area contributed by atoms with Crippen LogP contribution in [0, 0.1) is 18.3 Å². The zero-order valence-corrected chi connectivity index (χ0v) is 20.0. The number of amides is 2. The van der Waals surface area contributed by atoms with Crippen molar-refractivity contribution in [3.8, 4) is 11.8 Å². The number of nitriles is 1. The van der Waals surface area contributed by atoms with Crippen molar-refractivity contribution in [1.29, 1.82) is 5.26 Å². The van der Waals surface area contributed by atoms with Gasteiger partial charge in [0.25, 0.3) is 11.8 Å². The minimum Gasteiger partial charge on any atom is -0.484 e. The number of nitrogens with one attached hydrogen (secondary N) is 3. The highest BCUT2D eigenvalue weighted by Crippen LogP contribution is 2.14. The molecule has 11 heteroatoms. The summed E-state index contributed by atoms with van der Waals surface area (Å²) in [4.78, 5) is 33.8. The average Bonchev–Trinajstić information content (AvgIpc) is 2.84. The van der Waals surface area contributed by atoms with Gasteiger partial charge in [-0.15, -0.1) is 0 Å². The minimum absolute atomic E-state index is 0.0289. The lowest BCUT2D eigenvalue weighted by Gasteiger charge is -2.30. The molecular formula is C24H33N8O3+. The van der Waals surface area contributed by atoms with E-state index in [1.54, 1.807) is 6.92 Å². The smallest absolute Gasteiger partial charge is 0.274 e. The zero-order valence-electron chi connectivity index (χ0n) is 20.0. The van der Waals surface area contributed by atoms with Crippen LogP contribution in [-0.4, -0.2) is 60.6 Å². The maximum absolute atomic E-state index is 12.7. The molecule has 11 nitrogen and oxygen atoms in total. The fourth-order valence-electron chi connectivity index (χ4n) is 4.10. The number of piperidine rings is 1. The first-order valence-corrected chi connectivity index (χ1v) is 11.7. The number of aryl methyl sites for hydroxylation is 2. The second-order valence-corrected chi connectivity index (χ2v) is 8.67. The Labute approximate surface area is 204 Å². The first-order valence-electron chi connectivity index (χ1n) is 11.7. The number of carbonyl (C=O) groups excluding carboxylic acids is 2. The van der Waals surface area contributed by atoms with E-state index in [0.717, 1.165) is 45.3 Å². The van der Waals surface area contributed by atoms with Crippen LogP contribution in [0.1, 0.15) is 41.0 Å². The summed E-state index contributed by atoms with van der Waals surface area (Å²) in [6, 6.07) is 9.60. The summed E-state index contributed by atoms with van der Waals surface area (Å²) in [5, 5.41) is 14.0. The third kappa shape index (κ3) is 7.82. The van der Waals surface area contributed by atoms with Gasteiger partial charge in [-0.05, 0) is 43.9 Å². The van der Waals surface area contributed by atoms with Gasteiger partial charge < -0.3 is 31.7 Å². The number of nitrogens with zero attached hydrogens (tertiary/aromatic N) is 3. The third-order valence-electron chi connectivity index (χ3n) is 5.96. The number of ether oxygens (including phenoxy) is 1. The van der Waals surface area contributed by atoms with Crippen molar-refractivity contribution in [3.63, 3.8) is 0 Å². The molecule has 1 fully saturated rings. The Morgan fingerprint density at radius 3 is 2.74 bits per heavy atom. The second-order valence-electron chi connectivity index (χ2n) is 8.67. The van der Waals surface area contributed by atoms with Gasteiger partial charge in [0.15, 0.2) is 18.1 Å². The minimum atomic E-state index is -0.324. The zero-order chi connectivity index (χ0) is 25.2. The number of carbonyl (C=O) groups is 2. The van der Waals surface area contributed by atoms with Crippen LogP contribution in [0.25, 0.3) is 0 Å². The van der Waals surface area contributed by atoms with E-state index in [-0.39, 0.29) is 48.3 Å². The largest absolute Gasteiger partial charge is 0.484 e. The Hall–Kier alpha value is -3.91. The Morgan fingerprint density at radius 1 is 1.23 bits per heavy atom. The molecule has 2 heterocycles. The lowest BCUT2D eigenvalue weighted by atomic mass is 10.0. The number of rotatable bonds is 10. The van der Waals surface area contributed by atoms with Gasteiger partial charge in [0.1, 0.15) is 18.1 Å². The maximum atomic E-state index is 12.7. The van der Waals surface area contributed by atoms with Crippen LogP contribution < -0.4 is 31.7 Å². The highest BCUT2D eigenvalue weighted by molar-refractivity contribution is 5.96. The molecule has 1 aliphatic heterocycles. The number of nitrogens with two attached hydrogens (primary N) is 2. The van der Waals surface area contributed by atoms with E-state index >= 15 is 0 Å². The summed E-state index contributed by atoms with van der Waals surface area (Å²) in [7, 11) is 0. The molecule has 1 saturated heterocycles. The van der Waals surface area contributed by atoms with Crippen molar-refractivity contribution in [2.75, 3.05) is 44.3 Å². The summed E-state index contributed by atoms with van der Waals surface area (Å²) in [5.74, 6) is 0.254. The number of nitrogen functional groups attached to an aromatic ring is 2. The van der Waals surface area contributed by atoms with Crippen LogP contribution >= 0.6 is 0 Å². The van der Waals surface area contributed by atoms with Gasteiger partial charge in [-0.2, -0.15) is 5.26 Å². The second kappa shape index (κ2) is 12.5. The van der Waals surface area contributed by atoms with E-state index in [9.17, 15) is 9.59 Å². The summed E-state index contributed by atoms with van der Waals surface area (Å²) < 4.78 is 5.43. The monoisotopic (exact) mass is 481 g/mol. The third-order valence-corrected chi connectivity index (χ3v) is 5.96. The predicted octanol–water partition coefficient (Wildman–Crippen LogP) is -0.622. The normalized spacial score (nSPS) is 17.3. The van der Waals surface area contributed by atoms with E-state index in [4.69, 9.17) is 21.5 Å². The topological polar surface area (TPSA) is 173 Å². The first kappa shape index (κ1) is 25.7. The highest BCUT2D eigenvalue weighted by Gasteiger charge is 2.26. The van der Waals surface area contributed by atoms with Crippen LogP contribution in [0.2, 0.25) is 0 Å². The van der Waals surface area contributed by atoms with Crippen molar-refractivity contribution in [2.45, 2.75) is 38.6 Å². The van der Waals surface area contributed by atoms with Crippen molar-refractivity contribution >= 4 is 23.5 Å². The van der Waals surface area contributed by atoms with Gasteiger partial charge in [-0.1, -0.05) is 12.1 Å². The molecule has 0 spiro atoms. The number of benzene rings is 1. The molecule has 1 unspecified atom stereocenters. The fraction of sp³-hybridized carbons (Fsp3) is 0.458. The Kier molecular flexibility index (Phi) is 9.20. The number of anilines is 2. The quantitative estimate of drug-likeness (QED) is 0.279. The average molecular weight is 482 g/mol. The predicted molar refractivity (Wildman–Crippen MR) is 131 cm³/mol. The van der Waals surface area contributed by atoms with Crippen molar-refractivity contribution in [3.05, 3.63) is 41.2 Å². The molecule has 2 amide bonds. The summed E-state index contributed by atoms with van der Waals surface area (Å²) >= 11 is 0. The van der Waals surface area contributed by atoms with Crippen LogP contribution in [-0.2, 0) is 11.2 Å². The number of likely N-dealkylation sites (tertiary alicyclic amines) is 1. The van der Waals surface area contributed by atoms with Crippen molar-refractivity contribution in [2.24, 2.45) is 0 Å². The van der Waals surface area contributed by atoms with Gasteiger partial charge in [0, 0.05) is 6.42 Å². The van der Waals surface area contributed by atoms with Crippen LogP contribution in [0.5, 0.6) is 5.75 Å². The van der Waals surface area contributed by atoms with E-state index in [1.165, 1.54) is 10.5 Å². The number of quaternary nitrogens is 1. The summed E-state index contributed by atoms with van der Waals surface area (Å²) in [6.45, 7) is 4.49. The molecule has 0 aliphatic carbocycles. The van der Waals surface area contributed by atoms with Crippen LogP contribution in [0.4, 0.5) is 11.6 Å². The van der Waals surface area contributed by atoms with Crippen LogP contribution in [0.15, 0.2) is 24.3 Å². The highest BCUT2D eigenvalue weighted by atomic mass is 16.5. The van der Waals surface area contributed by atoms with Gasteiger partial charge in [0.05, 0.1) is 37.4 Å². The molecular weight excluding hydrogens is 448 g/mol.